The molecule has 2 radical (unpaired) electrons. The molecule has 0 aliphatic heterocycles. The monoisotopic (exact) mass is 319 g/mol. The van der Waals surface area contributed by atoms with Gasteiger partial charge in [-0.15, -0.1) is 0 Å². The number of rotatable bonds is 11. The van der Waals surface area contributed by atoms with Gasteiger partial charge in [0.05, 0.1) is 7.85 Å². The molecule has 0 aliphatic rings. The molecule has 0 spiro atoms. The van der Waals surface area contributed by atoms with Gasteiger partial charge < -0.3 is 0 Å². The summed E-state index contributed by atoms with van der Waals surface area (Å²) in [6.45, 7) is 18.8. The van der Waals surface area contributed by atoms with Crippen molar-refractivity contribution in [1.29, 1.82) is 0 Å². The van der Waals surface area contributed by atoms with E-state index < -0.39 is 0 Å². The number of allylic oxidation sites excluding steroid dienone is 11. The van der Waals surface area contributed by atoms with Crippen molar-refractivity contribution in [2.24, 2.45) is 10.9 Å². The van der Waals surface area contributed by atoms with Crippen molar-refractivity contribution >= 4 is 14.1 Å². The molecule has 0 heterocycles. The molecule has 126 valence electrons. The van der Waals surface area contributed by atoms with E-state index in [0.717, 1.165) is 29.7 Å². The highest BCUT2D eigenvalue weighted by Crippen LogP contribution is 2.28. The quantitative estimate of drug-likeness (QED) is 0.252. The molecule has 0 saturated carbocycles. The van der Waals surface area contributed by atoms with E-state index in [1.165, 1.54) is 5.57 Å². The first-order valence-corrected chi connectivity index (χ1v) is 8.38. The van der Waals surface area contributed by atoms with Crippen LogP contribution in [0.5, 0.6) is 0 Å². The predicted molar refractivity (Wildman–Crippen MR) is 112 cm³/mol. The van der Waals surface area contributed by atoms with Crippen LogP contribution in [0.4, 0.5) is 0 Å². The molecule has 24 heavy (non-hydrogen) atoms. The van der Waals surface area contributed by atoms with E-state index in [4.69, 9.17) is 7.85 Å². The van der Waals surface area contributed by atoms with Gasteiger partial charge in [-0.25, -0.2) is 0 Å². The summed E-state index contributed by atoms with van der Waals surface area (Å²) < 4.78 is 0. The molecule has 0 aromatic rings. The lowest BCUT2D eigenvalue weighted by molar-refractivity contribution is 0.704. The standard InChI is InChI=1S/C22H30BN/c1-7-18(4)16-21(22(17-23)19(5)8-2)20(6)14-12-10-11-13-15-24-9-3/h7-8,10-13,15-16,20H,1-2,5,9,14,17H2,3-4,6H3/b12-10+,13-11-,18-16-,22-21-,24-15?. The van der Waals surface area contributed by atoms with Crippen molar-refractivity contribution in [3.05, 3.63) is 84.6 Å². The van der Waals surface area contributed by atoms with E-state index in [1.807, 2.05) is 44.4 Å². The first-order valence-electron chi connectivity index (χ1n) is 8.38. The molecule has 2 heteroatoms. The Kier molecular flexibility index (Phi) is 12.2. The third-order valence-corrected chi connectivity index (χ3v) is 3.64. The van der Waals surface area contributed by atoms with Gasteiger partial charge in [-0.3, -0.25) is 4.99 Å². The predicted octanol–water partition coefficient (Wildman–Crippen LogP) is 5.97. The van der Waals surface area contributed by atoms with Gasteiger partial charge >= 0.3 is 0 Å². The van der Waals surface area contributed by atoms with Crippen molar-refractivity contribution in [2.75, 3.05) is 6.54 Å². The van der Waals surface area contributed by atoms with Crippen molar-refractivity contribution in [3.8, 4) is 0 Å². The minimum absolute atomic E-state index is 0.323. The average Bonchev–Trinajstić information content (AvgIpc) is 2.59. The summed E-state index contributed by atoms with van der Waals surface area (Å²) in [5.41, 5.74) is 4.24. The lowest BCUT2D eigenvalue weighted by atomic mass is 9.82. The van der Waals surface area contributed by atoms with Gasteiger partial charge in [-0.05, 0) is 49.0 Å². The van der Waals surface area contributed by atoms with Gasteiger partial charge in [0.15, 0.2) is 0 Å². The van der Waals surface area contributed by atoms with Crippen LogP contribution in [-0.2, 0) is 0 Å². The Morgan fingerprint density at radius 1 is 1.17 bits per heavy atom. The van der Waals surface area contributed by atoms with E-state index in [9.17, 15) is 0 Å². The molecule has 1 unspecified atom stereocenters. The van der Waals surface area contributed by atoms with E-state index in [0.29, 0.717) is 12.2 Å². The molecule has 0 bridgehead atoms. The third-order valence-electron chi connectivity index (χ3n) is 3.64. The number of aliphatic imine (C=N–C) groups is 1. The summed E-state index contributed by atoms with van der Waals surface area (Å²) in [6, 6.07) is 0. The largest absolute Gasteiger partial charge is 0.293 e. The summed E-state index contributed by atoms with van der Waals surface area (Å²) in [7, 11) is 5.96. The van der Waals surface area contributed by atoms with Crippen LogP contribution in [0, 0.1) is 5.92 Å². The molecular formula is C22H30BN. The summed E-state index contributed by atoms with van der Waals surface area (Å²) in [4.78, 5) is 4.13. The van der Waals surface area contributed by atoms with E-state index in [-0.39, 0.29) is 0 Å². The van der Waals surface area contributed by atoms with E-state index in [1.54, 1.807) is 6.08 Å². The van der Waals surface area contributed by atoms with Gasteiger partial charge in [-0.1, -0.05) is 75.0 Å². The maximum absolute atomic E-state index is 5.96. The van der Waals surface area contributed by atoms with Crippen LogP contribution in [0.15, 0.2) is 89.6 Å². The number of nitrogens with zero attached hydrogens (tertiary/aromatic N) is 1. The van der Waals surface area contributed by atoms with Crippen LogP contribution in [0.3, 0.4) is 0 Å². The summed E-state index contributed by atoms with van der Waals surface area (Å²) in [5.74, 6) is 0.323. The van der Waals surface area contributed by atoms with Crippen LogP contribution in [0.1, 0.15) is 27.2 Å². The molecule has 0 aromatic carbocycles. The Labute approximate surface area is 150 Å². The zero-order valence-electron chi connectivity index (χ0n) is 15.5. The zero-order chi connectivity index (χ0) is 18.4. The zero-order valence-corrected chi connectivity index (χ0v) is 15.5. The molecule has 0 rings (SSSR count). The highest BCUT2D eigenvalue weighted by molar-refractivity contribution is 6.11. The summed E-state index contributed by atoms with van der Waals surface area (Å²) in [6.07, 6.45) is 17.1. The molecule has 0 N–H and O–H groups in total. The molecule has 0 amide bonds. The van der Waals surface area contributed by atoms with Crippen molar-refractivity contribution in [3.63, 3.8) is 0 Å². The van der Waals surface area contributed by atoms with Crippen LogP contribution in [0.25, 0.3) is 0 Å². The smallest absolute Gasteiger partial charge is 0.0717 e. The molecular weight excluding hydrogens is 289 g/mol. The first kappa shape index (κ1) is 21.9. The fourth-order valence-electron chi connectivity index (χ4n) is 2.16. The molecule has 0 saturated heterocycles. The second-order valence-corrected chi connectivity index (χ2v) is 5.56. The Morgan fingerprint density at radius 2 is 1.88 bits per heavy atom. The van der Waals surface area contributed by atoms with E-state index >= 15 is 0 Å². The van der Waals surface area contributed by atoms with Gasteiger partial charge in [0, 0.05) is 12.8 Å². The average molecular weight is 319 g/mol. The number of hydrogen-bond acceptors (Lipinski definition) is 1. The van der Waals surface area contributed by atoms with Gasteiger partial charge in [0.2, 0.25) is 0 Å². The number of hydrogen-bond donors (Lipinski definition) is 0. The molecule has 1 nitrogen and oxygen atoms in total. The van der Waals surface area contributed by atoms with E-state index in [2.05, 4.69) is 43.8 Å². The second-order valence-electron chi connectivity index (χ2n) is 5.56. The highest BCUT2D eigenvalue weighted by Gasteiger charge is 2.11. The Bertz CT molecular complexity index is 571. The fraction of sp³-hybridized carbons (Fsp3) is 0.318. The Balaban J connectivity index is 5.33. The lowest BCUT2D eigenvalue weighted by Gasteiger charge is -2.18. The first-order chi connectivity index (χ1) is 11.5. The molecule has 0 aromatic heterocycles. The Morgan fingerprint density at radius 3 is 2.42 bits per heavy atom. The SMILES string of the molecule is [B]C/C(C(=C)C=C)=C(\C=C(\C)C=C)C(C)C/C=C/C=C\C=NCC. The summed E-state index contributed by atoms with van der Waals surface area (Å²) in [5, 5.41) is 0. The normalized spacial score (nSPS) is 15.0. The van der Waals surface area contributed by atoms with Crippen LogP contribution in [0.2, 0.25) is 6.32 Å². The fourth-order valence-corrected chi connectivity index (χ4v) is 2.16. The third kappa shape index (κ3) is 8.52. The molecule has 0 fully saturated rings. The van der Waals surface area contributed by atoms with Crippen LogP contribution >= 0.6 is 0 Å². The lowest BCUT2D eigenvalue weighted by Crippen LogP contribution is -2.03. The van der Waals surface area contributed by atoms with Gasteiger partial charge in [-0.2, -0.15) is 0 Å². The second kappa shape index (κ2) is 13.4. The van der Waals surface area contributed by atoms with Crippen molar-refractivity contribution < 1.29 is 0 Å². The minimum Gasteiger partial charge on any atom is -0.293 e. The van der Waals surface area contributed by atoms with Gasteiger partial charge in [0.1, 0.15) is 0 Å². The maximum Gasteiger partial charge on any atom is 0.0717 e. The highest BCUT2D eigenvalue weighted by atomic mass is 14.7. The maximum atomic E-state index is 5.96. The van der Waals surface area contributed by atoms with Crippen LogP contribution in [-0.4, -0.2) is 20.6 Å². The molecule has 0 aliphatic carbocycles. The van der Waals surface area contributed by atoms with Crippen molar-refractivity contribution in [2.45, 2.75) is 33.5 Å². The van der Waals surface area contributed by atoms with Crippen LogP contribution < -0.4 is 0 Å². The molecule has 1 atom stereocenters. The Hall–Kier alpha value is -2.09. The van der Waals surface area contributed by atoms with Crippen molar-refractivity contribution in [1.82, 2.24) is 0 Å². The summed E-state index contributed by atoms with van der Waals surface area (Å²) >= 11 is 0. The van der Waals surface area contributed by atoms with Gasteiger partial charge in [0.25, 0.3) is 0 Å². The minimum atomic E-state index is 0.323. The topological polar surface area (TPSA) is 12.4 Å².